The number of rotatable bonds is 5. The Bertz CT molecular complexity index is 522. The van der Waals surface area contributed by atoms with Gasteiger partial charge in [-0.15, -0.1) is 12.3 Å². The van der Waals surface area contributed by atoms with Crippen LogP contribution in [0.2, 0.25) is 0 Å². The summed E-state index contributed by atoms with van der Waals surface area (Å²) in [6.45, 7) is 1.70. The van der Waals surface area contributed by atoms with Crippen LogP contribution in [-0.2, 0) is 4.79 Å². The third kappa shape index (κ3) is 4.61. The van der Waals surface area contributed by atoms with Gasteiger partial charge in [0.2, 0.25) is 0 Å². The largest absolute Gasteiger partial charge is 0.480 e. The van der Waals surface area contributed by atoms with Gasteiger partial charge in [0, 0.05) is 6.42 Å². The lowest BCUT2D eigenvalue weighted by atomic mass is 10.1. The number of aliphatic carboxylic acids is 1. The number of carboxylic acid groups (broad SMARTS) is 1. The minimum absolute atomic E-state index is 0.103. The average Bonchev–Trinajstić information content (AvgIpc) is 2.38. The number of hydrogen-bond donors (Lipinski definition) is 3. The van der Waals surface area contributed by atoms with Gasteiger partial charge in [-0.3, -0.25) is 0 Å². The van der Waals surface area contributed by atoms with Crippen LogP contribution in [0.3, 0.4) is 0 Å². The van der Waals surface area contributed by atoms with Crippen molar-refractivity contribution in [3.8, 4) is 12.3 Å². The molecule has 0 bridgehead atoms. The van der Waals surface area contributed by atoms with Crippen molar-refractivity contribution in [2.45, 2.75) is 25.4 Å². The second kappa shape index (κ2) is 7.14. The van der Waals surface area contributed by atoms with Gasteiger partial charge in [0.05, 0.1) is 6.04 Å². The summed E-state index contributed by atoms with van der Waals surface area (Å²) in [4.78, 5) is 22.5. The number of carbonyl (C=O) groups excluding carboxylic acids is 1. The summed E-state index contributed by atoms with van der Waals surface area (Å²) in [5.41, 5.74) is 0.699. The van der Waals surface area contributed by atoms with Gasteiger partial charge in [0.15, 0.2) is 0 Å². The van der Waals surface area contributed by atoms with Gasteiger partial charge in [-0.1, -0.05) is 12.1 Å². The molecule has 2 amide bonds. The molecule has 5 nitrogen and oxygen atoms in total. The molecule has 2 atom stereocenters. The van der Waals surface area contributed by atoms with E-state index in [1.54, 1.807) is 6.92 Å². The minimum atomic E-state index is -1.20. The van der Waals surface area contributed by atoms with Crippen molar-refractivity contribution in [1.82, 2.24) is 10.6 Å². The fourth-order valence-corrected chi connectivity index (χ4v) is 1.55. The highest BCUT2D eigenvalue weighted by Gasteiger charge is 2.19. The number of urea groups is 1. The zero-order valence-electron chi connectivity index (χ0n) is 10.9. The number of nitrogens with one attached hydrogen (secondary N) is 2. The van der Waals surface area contributed by atoms with Gasteiger partial charge in [-0.05, 0) is 24.6 Å². The first-order chi connectivity index (χ1) is 9.43. The van der Waals surface area contributed by atoms with Crippen molar-refractivity contribution in [2.24, 2.45) is 0 Å². The number of terminal acetylenes is 1. The summed E-state index contributed by atoms with van der Waals surface area (Å²) in [6, 6.07) is 3.46. The van der Waals surface area contributed by atoms with Gasteiger partial charge in [0.25, 0.3) is 0 Å². The molecule has 0 aliphatic heterocycles. The van der Waals surface area contributed by atoms with Gasteiger partial charge >= 0.3 is 12.0 Å². The van der Waals surface area contributed by atoms with Crippen molar-refractivity contribution < 1.29 is 19.1 Å². The van der Waals surface area contributed by atoms with Crippen LogP contribution >= 0.6 is 0 Å². The lowest BCUT2D eigenvalue weighted by molar-refractivity contribution is -0.139. The lowest BCUT2D eigenvalue weighted by Gasteiger charge is -2.17. The highest BCUT2D eigenvalue weighted by molar-refractivity contribution is 5.82. The summed E-state index contributed by atoms with van der Waals surface area (Å²) in [6.07, 6.45) is 4.93. The summed E-state index contributed by atoms with van der Waals surface area (Å²) in [5.74, 6) is 0.609. The molecule has 2 unspecified atom stereocenters. The molecule has 6 heteroatoms. The molecule has 3 N–H and O–H groups in total. The molecule has 106 valence electrons. The zero-order valence-corrected chi connectivity index (χ0v) is 10.9. The van der Waals surface area contributed by atoms with Gasteiger partial charge in [-0.2, -0.15) is 0 Å². The maximum atomic E-state index is 12.8. The Kier molecular flexibility index (Phi) is 5.54. The van der Waals surface area contributed by atoms with E-state index in [2.05, 4.69) is 16.6 Å². The molecule has 0 spiro atoms. The van der Waals surface area contributed by atoms with E-state index in [9.17, 15) is 14.0 Å². The molecule has 0 fully saturated rings. The molecule has 0 aromatic heterocycles. The molecule has 1 rings (SSSR count). The number of benzene rings is 1. The standard InChI is InChI=1S/C14H15FN2O3/c1-3-4-12(13(18)19)17-14(20)16-9(2)10-5-7-11(15)8-6-10/h1,5-9,12H,4H2,2H3,(H,18,19)(H2,16,17,20). The summed E-state index contributed by atoms with van der Waals surface area (Å²) in [5, 5.41) is 13.7. The van der Waals surface area contributed by atoms with Crippen LogP contribution in [0.25, 0.3) is 0 Å². The number of carbonyl (C=O) groups is 2. The topological polar surface area (TPSA) is 78.4 Å². The van der Waals surface area contributed by atoms with E-state index in [1.165, 1.54) is 24.3 Å². The van der Waals surface area contributed by atoms with E-state index in [1.807, 2.05) is 0 Å². The van der Waals surface area contributed by atoms with E-state index in [4.69, 9.17) is 11.5 Å². The number of carboxylic acids is 1. The Morgan fingerprint density at radius 1 is 1.35 bits per heavy atom. The molecule has 0 saturated carbocycles. The first kappa shape index (κ1) is 15.5. The smallest absolute Gasteiger partial charge is 0.327 e. The first-order valence-corrected chi connectivity index (χ1v) is 5.92. The fourth-order valence-electron chi connectivity index (χ4n) is 1.55. The fraction of sp³-hybridized carbons (Fsp3) is 0.286. The molecule has 1 aromatic carbocycles. The molecular formula is C14H15FN2O3. The van der Waals surface area contributed by atoms with Crippen LogP contribution in [0.5, 0.6) is 0 Å². The van der Waals surface area contributed by atoms with Crippen molar-refractivity contribution in [2.75, 3.05) is 0 Å². The predicted molar refractivity (Wildman–Crippen MR) is 71.4 cm³/mol. The second-order valence-corrected chi connectivity index (χ2v) is 4.19. The maximum absolute atomic E-state index is 12.8. The quantitative estimate of drug-likeness (QED) is 0.717. The second-order valence-electron chi connectivity index (χ2n) is 4.19. The molecule has 0 heterocycles. The molecule has 0 radical (unpaired) electrons. The van der Waals surface area contributed by atoms with Crippen molar-refractivity contribution in [3.63, 3.8) is 0 Å². The van der Waals surface area contributed by atoms with Crippen molar-refractivity contribution >= 4 is 12.0 Å². The Balaban J connectivity index is 2.59. The van der Waals surface area contributed by atoms with Crippen LogP contribution < -0.4 is 10.6 Å². The SMILES string of the molecule is C#CCC(NC(=O)NC(C)c1ccc(F)cc1)C(=O)O. The molecule has 0 aliphatic carbocycles. The lowest BCUT2D eigenvalue weighted by Crippen LogP contribution is -2.46. The van der Waals surface area contributed by atoms with Crippen LogP contribution in [0, 0.1) is 18.2 Å². The van der Waals surface area contributed by atoms with Crippen LogP contribution in [0.1, 0.15) is 24.9 Å². The summed E-state index contributed by atoms with van der Waals surface area (Å²) < 4.78 is 12.8. The molecule has 20 heavy (non-hydrogen) atoms. The van der Waals surface area contributed by atoms with E-state index >= 15 is 0 Å². The van der Waals surface area contributed by atoms with Gasteiger partial charge in [-0.25, -0.2) is 14.0 Å². The Labute approximate surface area is 116 Å². The molecular weight excluding hydrogens is 263 g/mol. The third-order valence-corrected chi connectivity index (χ3v) is 2.64. The number of halogens is 1. The average molecular weight is 278 g/mol. The van der Waals surface area contributed by atoms with E-state index < -0.39 is 24.1 Å². The van der Waals surface area contributed by atoms with E-state index in [0.29, 0.717) is 5.56 Å². The van der Waals surface area contributed by atoms with Crippen LogP contribution in [-0.4, -0.2) is 23.1 Å². The Morgan fingerprint density at radius 2 is 1.95 bits per heavy atom. The van der Waals surface area contributed by atoms with E-state index in [0.717, 1.165) is 0 Å². The Morgan fingerprint density at radius 3 is 2.45 bits per heavy atom. The molecule has 0 aliphatic rings. The molecule has 1 aromatic rings. The maximum Gasteiger partial charge on any atom is 0.327 e. The summed E-state index contributed by atoms with van der Waals surface area (Å²) >= 11 is 0. The van der Waals surface area contributed by atoms with Gasteiger partial charge < -0.3 is 15.7 Å². The molecule has 0 saturated heterocycles. The first-order valence-electron chi connectivity index (χ1n) is 5.92. The van der Waals surface area contributed by atoms with Gasteiger partial charge in [0.1, 0.15) is 11.9 Å². The number of amides is 2. The zero-order chi connectivity index (χ0) is 15.1. The van der Waals surface area contributed by atoms with Crippen molar-refractivity contribution in [1.29, 1.82) is 0 Å². The predicted octanol–water partition coefficient (Wildman–Crippen LogP) is 1.66. The Hall–Kier alpha value is -2.55. The van der Waals surface area contributed by atoms with Crippen LogP contribution in [0.15, 0.2) is 24.3 Å². The highest BCUT2D eigenvalue weighted by Crippen LogP contribution is 2.12. The summed E-state index contributed by atoms with van der Waals surface area (Å²) in [7, 11) is 0. The highest BCUT2D eigenvalue weighted by atomic mass is 19.1. The monoisotopic (exact) mass is 278 g/mol. The number of hydrogen-bond acceptors (Lipinski definition) is 2. The normalized spacial score (nSPS) is 12.8. The van der Waals surface area contributed by atoms with Crippen molar-refractivity contribution in [3.05, 3.63) is 35.6 Å². The van der Waals surface area contributed by atoms with E-state index in [-0.39, 0.29) is 12.2 Å². The van der Waals surface area contributed by atoms with Crippen LogP contribution in [0.4, 0.5) is 9.18 Å². The minimum Gasteiger partial charge on any atom is -0.480 e. The third-order valence-electron chi connectivity index (χ3n) is 2.64.